The second-order valence-corrected chi connectivity index (χ2v) is 8.46. The Hall–Kier alpha value is -4.39. The molecular formula is C29H25FN2O4. The summed E-state index contributed by atoms with van der Waals surface area (Å²) in [4.78, 5) is 19.4. The molecule has 0 atom stereocenters. The lowest BCUT2D eigenvalue weighted by Crippen LogP contribution is -2.30. The zero-order valence-corrected chi connectivity index (χ0v) is 19.6. The van der Waals surface area contributed by atoms with Gasteiger partial charge in [-0.3, -0.25) is 9.78 Å². The number of amides is 1. The van der Waals surface area contributed by atoms with Crippen LogP contribution >= 0.6 is 0 Å². The Morgan fingerprint density at radius 2 is 1.64 bits per heavy atom. The van der Waals surface area contributed by atoms with Crippen LogP contribution in [0.3, 0.4) is 0 Å². The second kappa shape index (κ2) is 10.9. The molecular weight excluding hydrogens is 459 g/mol. The molecule has 0 spiro atoms. The van der Waals surface area contributed by atoms with E-state index in [-0.39, 0.29) is 18.5 Å². The van der Waals surface area contributed by atoms with Gasteiger partial charge in [-0.15, -0.1) is 0 Å². The van der Waals surface area contributed by atoms with Gasteiger partial charge in [0.25, 0.3) is 5.91 Å². The maximum atomic E-state index is 13.5. The minimum absolute atomic E-state index is 0.118. The van der Waals surface area contributed by atoms with Gasteiger partial charge in [-0.2, -0.15) is 0 Å². The fourth-order valence-corrected chi connectivity index (χ4v) is 4.01. The number of carbonyl (C=O) groups excluding carboxylic acids is 1. The van der Waals surface area contributed by atoms with Gasteiger partial charge < -0.3 is 19.1 Å². The molecule has 1 aliphatic rings. The van der Waals surface area contributed by atoms with Gasteiger partial charge >= 0.3 is 0 Å². The molecule has 36 heavy (non-hydrogen) atoms. The Labute approximate surface area is 208 Å². The summed E-state index contributed by atoms with van der Waals surface area (Å²) in [6.45, 7) is 1.43. The van der Waals surface area contributed by atoms with E-state index in [0.717, 1.165) is 16.7 Å². The standard InChI is InChI=1S/C29H25FN2O4/c30-25-7-4-21(5-8-25)12-15-34-26-3-1-2-23(16-26)19-32(18-22-10-13-31-14-11-22)29(33)24-6-9-27-28(17-24)36-20-35-27/h1-11,13-14,16-17H,12,15,18-20H2. The van der Waals surface area contributed by atoms with Crippen LogP contribution < -0.4 is 14.2 Å². The van der Waals surface area contributed by atoms with Crippen molar-refractivity contribution in [1.29, 1.82) is 0 Å². The topological polar surface area (TPSA) is 60.9 Å². The van der Waals surface area contributed by atoms with E-state index >= 15 is 0 Å². The molecule has 3 aromatic carbocycles. The van der Waals surface area contributed by atoms with Gasteiger partial charge in [-0.05, 0) is 71.3 Å². The van der Waals surface area contributed by atoms with E-state index in [0.29, 0.717) is 48.9 Å². The quantitative estimate of drug-likeness (QED) is 0.318. The number of halogens is 1. The predicted molar refractivity (Wildman–Crippen MR) is 132 cm³/mol. The predicted octanol–water partition coefficient (Wildman–Crippen LogP) is 5.41. The van der Waals surface area contributed by atoms with Crippen molar-refractivity contribution in [3.63, 3.8) is 0 Å². The Morgan fingerprint density at radius 1 is 0.861 bits per heavy atom. The minimum Gasteiger partial charge on any atom is -0.493 e. The van der Waals surface area contributed by atoms with Crippen molar-refractivity contribution < 1.29 is 23.4 Å². The number of aromatic nitrogens is 1. The van der Waals surface area contributed by atoms with Gasteiger partial charge in [0.2, 0.25) is 6.79 Å². The lowest BCUT2D eigenvalue weighted by atomic mass is 10.1. The zero-order valence-electron chi connectivity index (χ0n) is 19.6. The SMILES string of the molecule is O=C(c1ccc2c(c1)OCO2)N(Cc1ccncc1)Cc1cccc(OCCc2ccc(F)cc2)c1. The lowest BCUT2D eigenvalue weighted by Gasteiger charge is -2.23. The molecule has 182 valence electrons. The number of rotatable bonds is 9. The van der Waals surface area contributed by atoms with E-state index in [1.807, 2.05) is 36.4 Å². The van der Waals surface area contributed by atoms with E-state index in [4.69, 9.17) is 14.2 Å². The highest BCUT2D eigenvalue weighted by molar-refractivity contribution is 5.95. The summed E-state index contributed by atoms with van der Waals surface area (Å²) < 4.78 is 29.9. The lowest BCUT2D eigenvalue weighted by molar-refractivity contribution is 0.0729. The summed E-state index contributed by atoms with van der Waals surface area (Å²) in [5.41, 5.74) is 3.45. The number of nitrogens with zero attached hydrogens (tertiary/aromatic N) is 2. The Balaban J connectivity index is 1.30. The summed E-state index contributed by atoms with van der Waals surface area (Å²) in [6.07, 6.45) is 4.10. The number of fused-ring (bicyclic) bond motifs is 1. The number of pyridine rings is 1. The van der Waals surface area contributed by atoms with Crippen LogP contribution in [-0.4, -0.2) is 29.2 Å². The highest BCUT2D eigenvalue weighted by Crippen LogP contribution is 2.33. The average molecular weight is 485 g/mol. The molecule has 4 aromatic rings. The van der Waals surface area contributed by atoms with Crippen molar-refractivity contribution in [3.05, 3.63) is 119 Å². The maximum absolute atomic E-state index is 13.5. The molecule has 0 bridgehead atoms. The monoisotopic (exact) mass is 484 g/mol. The van der Waals surface area contributed by atoms with Gasteiger partial charge in [0.15, 0.2) is 11.5 Å². The number of benzene rings is 3. The second-order valence-electron chi connectivity index (χ2n) is 8.46. The third-order valence-corrected chi connectivity index (χ3v) is 5.87. The van der Waals surface area contributed by atoms with E-state index in [1.165, 1.54) is 12.1 Å². The summed E-state index contributed by atoms with van der Waals surface area (Å²) in [7, 11) is 0. The van der Waals surface area contributed by atoms with E-state index in [1.54, 1.807) is 47.6 Å². The number of carbonyl (C=O) groups is 1. The largest absolute Gasteiger partial charge is 0.493 e. The highest BCUT2D eigenvalue weighted by Gasteiger charge is 2.21. The van der Waals surface area contributed by atoms with Gasteiger partial charge in [0.1, 0.15) is 11.6 Å². The summed E-state index contributed by atoms with van der Waals surface area (Å²) >= 11 is 0. The van der Waals surface area contributed by atoms with Crippen molar-refractivity contribution in [2.24, 2.45) is 0 Å². The van der Waals surface area contributed by atoms with Crippen LogP contribution in [0.5, 0.6) is 17.2 Å². The molecule has 1 aliphatic heterocycles. The van der Waals surface area contributed by atoms with Crippen LogP contribution in [0.15, 0.2) is 91.3 Å². The average Bonchev–Trinajstić information content (AvgIpc) is 3.38. The molecule has 0 unspecified atom stereocenters. The number of ether oxygens (including phenoxy) is 3. The van der Waals surface area contributed by atoms with E-state index in [9.17, 15) is 9.18 Å². The third kappa shape index (κ3) is 5.81. The molecule has 0 saturated heterocycles. The van der Waals surface area contributed by atoms with Crippen LogP contribution in [-0.2, 0) is 19.5 Å². The summed E-state index contributed by atoms with van der Waals surface area (Å²) in [5.74, 6) is 1.56. The molecule has 0 aliphatic carbocycles. The molecule has 2 heterocycles. The smallest absolute Gasteiger partial charge is 0.254 e. The van der Waals surface area contributed by atoms with Crippen molar-refractivity contribution in [3.8, 4) is 17.2 Å². The molecule has 0 radical (unpaired) electrons. The summed E-state index contributed by atoms with van der Waals surface area (Å²) in [6, 6.07) is 23.2. The van der Waals surface area contributed by atoms with Crippen LogP contribution in [0, 0.1) is 5.82 Å². The van der Waals surface area contributed by atoms with Crippen LogP contribution in [0.1, 0.15) is 27.0 Å². The van der Waals surface area contributed by atoms with Gasteiger partial charge in [0, 0.05) is 37.5 Å². The molecule has 1 aromatic heterocycles. The van der Waals surface area contributed by atoms with Crippen LogP contribution in [0.25, 0.3) is 0 Å². The Kier molecular flexibility index (Phi) is 7.07. The van der Waals surface area contributed by atoms with Crippen molar-refractivity contribution in [2.45, 2.75) is 19.5 Å². The van der Waals surface area contributed by atoms with Gasteiger partial charge in [0.05, 0.1) is 6.61 Å². The molecule has 5 rings (SSSR count). The van der Waals surface area contributed by atoms with Crippen molar-refractivity contribution in [2.75, 3.05) is 13.4 Å². The number of hydrogen-bond acceptors (Lipinski definition) is 5. The normalized spacial score (nSPS) is 11.8. The Morgan fingerprint density at radius 3 is 2.47 bits per heavy atom. The van der Waals surface area contributed by atoms with Crippen LogP contribution in [0.4, 0.5) is 4.39 Å². The first kappa shape index (κ1) is 23.4. The van der Waals surface area contributed by atoms with Gasteiger partial charge in [-0.1, -0.05) is 24.3 Å². The summed E-state index contributed by atoms with van der Waals surface area (Å²) in [5, 5.41) is 0. The molecule has 6 nitrogen and oxygen atoms in total. The maximum Gasteiger partial charge on any atom is 0.254 e. The third-order valence-electron chi connectivity index (χ3n) is 5.87. The number of hydrogen-bond donors (Lipinski definition) is 0. The highest BCUT2D eigenvalue weighted by atomic mass is 19.1. The van der Waals surface area contributed by atoms with Crippen molar-refractivity contribution in [1.82, 2.24) is 9.88 Å². The molecule has 7 heteroatoms. The van der Waals surface area contributed by atoms with E-state index < -0.39 is 0 Å². The minimum atomic E-state index is -0.251. The fourth-order valence-electron chi connectivity index (χ4n) is 4.01. The first-order chi connectivity index (χ1) is 17.6. The molecule has 1 amide bonds. The van der Waals surface area contributed by atoms with Gasteiger partial charge in [-0.25, -0.2) is 4.39 Å². The van der Waals surface area contributed by atoms with E-state index in [2.05, 4.69) is 4.98 Å². The van der Waals surface area contributed by atoms with Crippen LogP contribution in [0.2, 0.25) is 0 Å². The Bertz CT molecular complexity index is 1330. The molecule has 0 N–H and O–H groups in total. The first-order valence-corrected chi connectivity index (χ1v) is 11.7. The fraction of sp³-hybridized carbons (Fsp3) is 0.172. The zero-order chi connectivity index (χ0) is 24.7. The molecule has 0 saturated carbocycles. The van der Waals surface area contributed by atoms with Crippen molar-refractivity contribution >= 4 is 5.91 Å². The first-order valence-electron chi connectivity index (χ1n) is 11.7. The molecule has 0 fully saturated rings.